The number of nitrogens with zero attached hydrogens (tertiary/aromatic N) is 2. The van der Waals surface area contributed by atoms with Crippen molar-refractivity contribution in [3.8, 4) is 0 Å². The number of aromatic nitrogens is 1. The third-order valence-electron chi connectivity index (χ3n) is 3.54. The van der Waals surface area contributed by atoms with Gasteiger partial charge < -0.3 is 19.9 Å². The number of likely N-dealkylation sites (tertiary alicyclic amines) is 1. The highest BCUT2D eigenvalue weighted by atomic mass is 16.5. The topological polar surface area (TPSA) is 98.7 Å². The van der Waals surface area contributed by atoms with Crippen LogP contribution in [0.1, 0.15) is 42.2 Å². The molecule has 20 heavy (non-hydrogen) atoms. The average Bonchev–Trinajstić information content (AvgIpc) is 2.76. The fourth-order valence-corrected chi connectivity index (χ4v) is 2.39. The molecule has 0 unspecified atom stereocenters. The van der Waals surface area contributed by atoms with Gasteiger partial charge in [0.2, 0.25) is 5.88 Å². The number of amides is 1. The second-order valence-electron chi connectivity index (χ2n) is 5.02. The van der Waals surface area contributed by atoms with E-state index in [1.165, 1.54) is 0 Å². The number of nitrogen functional groups attached to an aromatic ring is 1. The van der Waals surface area contributed by atoms with Crippen LogP contribution >= 0.6 is 0 Å². The van der Waals surface area contributed by atoms with Crippen molar-refractivity contribution in [2.75, 3.05) is 18.9 Å². The molecule has 0 spiro atoms. The Morgan fingerprint density at radius 2 is 2.25 bits per heavy atom. The number of ether oxygens (including phenoxy) is 1. The number of hydrogen-bond donors (Lipinski definition) is 1. The Balaban J connectivity index is 1.92. The molecule has 1 aliphatic rings. The predicted octanol–water partition coefficient (Wildman–Crippen LogP) is 1.12. The van der Waals surface area contributed by atoms with Crippen molar-refractivity contribution in [2.24, 2.45) is 0 Å². The van der Waals surface area contributed by atoms with Crippen LogP contribution in [0.4, 0.5) is 5.88 Å². The molecule has 0 aliphatic carbocycles. The Bertz CT molecular complexity index is 492. The van der Waals surface area contributed by atoms with Crippen molar-refractivity contribution in [3.63, 3.8) is 0 Å². The number of aryl methyl sites for hydroxylation is 1. The summed E-state index contributed by atoms with van der Waals surface area (Å²) in [6, 6.07) is 0.192. The van der Waals surface area contributed by atoms with E-state index >= 15 is 0 Å². The number of anilines is 1. The minimum absolute atomic E-state index is 0.0875. The van der Waals surface area contributed by atoms with Gasteiger partial charge in [-0.15, -0.1) is 0 Å². The maximum absolute atomic E-state index is 12.0. The van der Waals surface area contributed by atoms with Gasteiger partial charge in [-0.25, -0.2) is 4.79 Å². The molecule has 1 fully saturated rings. The minimum atomic E-state index is -0.681. The Labute approximate surface area is 117 Å². The van der Waals surface area contributed by atoms with Crippen LogP contribution in [0.2, 0.25) is 0 Å². The first-order valence-corrected chi connectivity index (χ1v) is 6.69. The molecule has 0 aromatic carbocycles. The number of esters is 1. The maximum atomic E-state index is 12.0. The van der Waals surface area contributed by atoms with Crippen LogP contribution in [0.3, 0.4) is 0 Å². The van der Waals surface area contributed by atoms with E-state index in [2.05, 4.69) is 9.68 Å². The highest BCUT2D eigenvalue weighted by molar-refractivity contribution is 5.96. The molecule has 2 rings (SSSR count). The van der Waals surface area contributed by atoms with Gasteiger partial charge in [-0.05, 0) is 33.1 Å². The number of nitrogens with two attached hydrogens (primary N) is 1. The molecule has 0 bridgehead atoms. The van der Waals surface area contributed by atoms with E-state index in [0.717, 1.165) is 19.3 Å². The van der Waals surface area contributed by atoms with Crippen molar-refractivity contribution >= 4 is 17.8 Å². The van der Waals surface area contributed by atoms with E-state index in [-0.39, 0.29) is 30.0 Å². The summed E-state index contributed by atoms with van der Waals surface area (Å²) < 4.78 is 9.69. The molecule has 0 saturated carbocycles. The third-order valence-corrected chi connectivity index (χ3v) is 3.54. The van der Waals surface area contributed by atoms with Gasteiger partial charge in [0.1, 0.15) is 5.56 Å². The van der Waals surface area contributed by atoms with E-state index in [0.29, 0.717) is 12.2 Å². The fraction of sp³-hybridized carbons (Fsp3) is 0.615. The zero-order valence-electron chi connectivity index (χ0n) is 11.7. The number of carbonyl (C=O) groups excluding carboxylic acids is 2. The van der Waals surface area contributed by atoms with Crippen LogP contribution in [-0.4, -0.2) is 41.1 Å². The van der Waals surface area contributed by atoms with Crippen molar-refractivity contribution in [3.05, 3.63) is 11.3 Å². The van der Waals surface area contributed by atoms with Gasteiger partial charge >= 0.3 is 5.97 Å². The molecule has 1 amide bonds. The molecule has 7 heteroatoms. The lowest BCUT2D eigenvalue weighted by molar-refractivity contribution is -0.137. The lowest BCUT2D eigenvalue weighted by Crippen LogP contribution is -2.44. The van der Waals surface area contributed by atoms with Gasteiger partial charge in [-0.3, -0.25) is 4.79 Å². The van der Waals surface area contributed by atoms with Gasteiger partial charge in [0, 0.05) is 12.6 Å². The first kappa shape index (κ1) is 14.4. The molecule has 2 N–H and O–H groups in total. The summed E-state index contributed by atoms with van der Waals surface area (Å²) in [6.45, 7) is 4.02. The Morgan fingerprint density at radius 1 is 1.50 bits per heavy atom. The highest BCUT2D eigenvalue weighted by Crippen LogP contribution is 2.18. The van der Waals surface area contributed by atoms with E-state index in [1.54, 1.807) is 11.8 Å². The molecule has 2 heterocycles. The summed E-state index contributed by atoms with van der Waals surface area (Å²) in [4.78, 5) is 25.6. The molecule has 1 aromatic rings. The summed E-state index contributed by atoms with van der Waals surface area (Å²) in [5.41, 5.74) is 5.93. The van der Waals surface area contributed by atoms with Gasteiger partial charge in [-0.1, -0.05) is 5.16 Å². The first-order chi connectivity index (χ1) is 9.50. The average molecular weight is 281 g/mol. The predicted molar refractivity (Wildman–Crippen MR) is 71.0 cm³/mol. The standard InChI is InChI=1S/C13H19N3O4/c1-8-5-3-4-6-16(8)10(17)7-19-13(18)11-9(2)15-20-12(11)14/h8H,3-7,14H2,1-2H3/t8-/m1/s1. The summed E-state index contributed by atoms with van der Waals surface area (Å²) in [5, 5.41) is 3.57. The largest absolute Gasteiger partial charge is 0.452 e. The van der Waals surface area contributed by atoms with E-state index in [9.17, 15) is 9.59 Å². The zero-order valence-corrected chi connectivity index (χ0v) is 11.7. The molecule has 7 nitrogen and oxygen atoms in total. The molecule has 0 radical (unpaired) electrons. The summed E-state index contributed by atoms with van der Waals surface area (Å²) >= 11 is 0. The van der Waals surface area contributed by atoms with E-state index < -0.39 is 5.97 Å². The number of rotatable bonds is 3. The van der Waals surface area contributed by atoms with Gasteiger partial charge in [-0.2, -0.15) is 0 Å². The molecule has 1 saturated heterocycles. The van der Waals surface area contributed by atoms with Gasteiger partial charge in [0.05, 0.1) is 5.69 Å². The lowest BCUT2D eigenvalue weighted by Gasteiger charge is -2.33. The Morgan fingerprint density at radius 3 is 2.85 bits per heavy atom. The van der Waals surface area contributed by atoms with E-state index in [4.69, 9.17) is 10.5 Å². The molecule has 110 valence electrons. The number of piperidine rings is 1. The van der Waals surface area contributed by atoms with Gasteiger partial charge in [0.25, 0.3) is 5.91 Å². The monoisotopic (exact) mass is 281 g/mol. The van der Waals surface area contributed by atoms with Crippen LogP contribution in [-0.2, 0) is 9.53 Å². The third kappa shape index (κ3) is 2.92. The smallest absolute Gasteiger partial charge is 0.346 e. The molecular weight excluding hydrogens is 262 g/mol. The zero-order chi connectivity index (χ0) is 14.7. The van der Waals surface area contributed by atoms with Crippen molar-refractivity contribution in [2.45, 2.75) is 39.2 Å². The van der Waals surface area contributed by atoms with Crippen LogP contribution in [0.15, 0.2) is 4.52 Å². The quantitative estimate of drug-likeness (QED) is 0.834. The minimum Gasteiger partial charge on any atom is -0.452 e. The number of carbonyl (C=O) groups is 2. The van der Waals surface area contributed by atoms with Crippen LogP contribution in [0.5, 0.6) is 0 Å². The second kappa shape index (κ2) is 5.94. The van der Waals surface area contributed by atoms with Gasteiger partial charge in [0.15, 0.2) is 6.61 Å². The molecule has 1 atom stereocenters. The summed E-state index contributed by atoms with van der Waals surface area (Å²) in [6.07, 6.45) is 3.10. The lowest BCUT2D eigenvalue weighted by atomic mass is 10.0. The SMILES string of the molecule is Cc1noc(N)c1C(=O)OCC(=O)N1CCCC[C@H]1C. The molecular formula is C13H19N3O4. The van der Waals surface area contributed by atoms with Crippen molar-refractivity contribution in [1.29, 1.82) is 0 Å². The Hall–Kier alpha value is -2.05. The van der Waals surface area contributed by atoms with Crippen LogP contribution < -0.4 is 5.73 Å². The Kier molecular flexibility index (Phi) is 4.26. The summed E-state index contributed by atoms with van der Waals surface area (Å²) in [7, 11) is 0. The molecule has 1 aliphatic heterocycles. The number of hydrogen-bond acceptors (Lipinski definition) is 6. The van der Waals surface area contributed by atoms with Crippen molar-refractivity contribution < 1.29 is 18.8 Å². The highest BCUT2D eigenvalue weighted by Gasteiger charge is 2.25. The van der Waals surface area contributed by atoms with Crippen LogP contribution in [0, 0.1) is 6.92 Å². The first-order valence-electron chi connectivity index (χ1n) is 6.69. The van der Waals surface area contributed by atoms with Crippen molar-refractivity contribution in [1.82, 2.24) is 10.1 Å². The molecule has 1 aromatic heterocycles. The fourth-order valence-electron chi connectivity index (χ4n) is 2.39. The van der Waals surface area contributed by atoms with E-state index in [1.807, 2.05) is 6.92 Å². The summed E-state index contributed by atoms with van der Waals surface area (Å²) in [5.74, 6) is -0.955. The maximum Gasteiger partial charge on any atom is 0.346 e. The van der Waals surface area contributed by atoms with Crippen LogP contribution in [0.25, 0.3) is 0 Å². The second-order valence-corrected chi connectivity index (χ2v) is 5.02. The normalized spacial score (nSPS) is 18.9.